The van der Waals surface area contributed by atoms with E-state index in [0.29, 0.717) is 25.3 Å². The van der Waals surface area contributed by atoms with Crippen molar-refractivity contribution >= 4 is 5.97 Å². The Labute approximate surface area is 116 Å². The number of rotatable bonds is 7. The van der Waals surface area contributed by atoms with Gasteiger partial charge in [-0.1, -0.05) is 6.92 Å². The molecule has 0 aromatic carbocycles. The van der Waals surface area contributed by atoms with Gasteiger partial charge in [0.2, 0.25) is 5.43 Å². The number of pyridine rings is 1. The number of aromatic hydroxyl groups is 1. The average Bonchev–Trinajstić information content (AvgIpc) is 2.41. The van der Waals surface area contributed by atoms with Gasteiger partial charge in [-0.15, -0.1) is 0 Å². The van der Waals surface area contributed by atoms with Crippen molar-refractivity contribution in [1.29, 1.82) is 0 Å². The Morgan fingerprint density at radius 2 is 2.15 bits per heavy atom. The lowest BCUT2D eigenvalue weighted by Crippen LogP contribution is -2.30. The van der Waals surface area contributed by atoms with Crippen LogP contribution in [0, 0.1) is 0 Å². The minimum atomic E-state index is -1.06. The first kappa shape index (κ1) is 16.2. The highest BCUT2D eigenvalue weighted by Gasteiger charge is 2.18. The van der Waals surface area contributed by atoms with E-state index in [1.165, 1.54) is 17.6 Å². The van der Waals surface area contributed by atoms with Crippen molar-refractivity contribution in [3.8, 4) is 5.75 Å². The lowest BCUT2D eigenvalue weighted by Gasteiger charge is -2.23. The van der Waals surface area contributed by atoms with Gasteiger partial charge in [0.05, 0.1) is 12.8 Å². The molecule has 1 atom stereocenters. The molecule has 3 N–H and O–H groups in total. The number of aliphatic carboxylic acids is 1. The number of carboxylic acids is 1. The molecule has 0 amide bonds. The quantitative estimate of drug-likeness (QED) is 0.652. The number of aliphatic hydroxyl groups is 1. The molecule has 0 aliphatic carbocycles. The number of nitrogens with zero attached hydrogens (tertiary/aromatic N) is 2. The summed E-state index contributed by atoms with van der Waals surface area (Å²) >= 11 is 0. The van der Waals surface area contributed by atoms with Crippen LogP contribution < -0.4 is 5.43 Å². The molecule has 0 bridgehead atoms. The van der Waals surface area contributed by atoms with E-state index in [0.717, 1.165) is 6.20 Å². The third kappa shape index (κ3) is 3.82. The second-order valence-corrected chi connectivity index (χ2v) is 4.53. The number of carboxylic acid groups (broad SMARTS) is 1. The molecule has 1 aromatic rings. The van der Waals surface area contributed by atoms with Gasteiger partial charge in [0.25, 0.3) is 0 Å². The SMILES string of the molecule is CCN(CCO)Cc1cc(=O)c(O)cn1C(C)C(=O)O. The van der Waals surface area contributed by atoms with Crippen molar-refractivity contribution in [3.63, 3.8) is 0 Å². The molecule has 1 unspecified atom stereocenters. The summed E-state index contributed by atoms with van der Waals surface area (Å²) in [5.74, 6) is -1.54. The fourth-order valence-electron chi connectivity index (χ4n) is 1.90. The van der Waals surface area contributed by atoms with Gasteiger partial charge >= 0.3 is 5.97 Å². The Hall–Kier alpha value is -1.86. The maximum atomic E-state index is 11.5. The highest BCUT2D eigenvalue weighted by atomic mass is 16.4. The van der Waals surface area contributed by atoms with Crippen LogP contribution in [0.4, 0.5) is 0 Å². The fraction of sp³-hybridized carbons (Fsp3) is 0.538. The van der Waals surface area contributed by atoms with Crippen molar-refractivity contribution in [2.24, 2.45) is 0 Å². The second-order valence-electron chi connectivity index (χ2n) is 4.53. The van der Waals surface area contributed by atoms with Crippen molar-refractivity contribution in [2.75, 3.05) is 19.7 Å². The Morgan fingerprint density at radius 1 is 1.50 bits per heavy atom. The summed E-state index contributed by atoms with van der Waals surface area (Å²) < 4.78 is 1.36. The highest BCUT2D eigenvalue weighted by Crippen LogP contribution is 2.15. The molecule has 7 heteroatoms. The van der Waals surface area contributed by atoms with Crippen LogP contribution in [0.1, 0.15) is 25.6 Å². The van der Waals surface area contributed by atoms with E-state index < -0.39 is 23.2 Å². The minimum Gasteiger partial charge on any atom is -0.503 e. The molecule has 0 saturated carbocycles. The van der Waals surface area contributed by atoms with E-state index in [4.69, 9.17) is 10.2 Å². The Kier molecular flexibility index (Phi) is 5.72. The standard InChI is InChI=1S/C13H20N2O5/c1-3-14(4-5-16)7-10-6-11(17)12(18)8-15(10)9(2)13(19)20/h6,8-9,16,18H,3-5,7H2,1-2H3,(H,19,20). The number of carbonyl (C=O) groups is 1. The predicted octanol–water partition coefficient (Wildman–Crippen LogP) is 0.0137. The van der Waals surface area contributed by atoms with Gasteiger partial charge in [-0.05, 0) is 13.5 Å². The molecular weight excluding hydrogens is 264 g/mol. The summed E-state index contributed by atoms with van der Waals surface area (Å²) in [5.41, 5.74) is -0.0631. The van der Waals surface area contributed by atoms with Gasteiger partial charge in [0, 0.05) is 24.8 Å². The van der Waals surface area contributed by atoms with Crippen LogP contribution in [-0.4, -0.2) is 50.5 Å². The first-order valence-electron chi connectivity index (χ1n) is 6.40. The fourth-order valence-corrected chi connectivity index (χ4v) is 1.90. The first-order chi connectivity index (χ1) is 9.40. The molecule has 1 aromatic heterocycles. The van der Waals surface area contributed by atoms with Crippen LogP contribution in [0.3, 0.4) is 0 Å². The molecule has 0 aliphatic heterocycles. The van der Waals surface area contributed by atoms with Crippen molar-refractivity contribution in [3.05, 3.63) is 28.2 Å². The van der Waals surface area contributed by atoms with E-state index in [1.807, 2.05) is 11.8 Å². The van der Waals surface area contributed by atoms with Crippen LogP contribution in [0.25, 0.3) is 0 Å². The molecule has 112 valence electrons. The van der Waals surface area contributed by atoms with Gasteiger partial charge in [-0.3, -0.25) is 9.69 Å². The van der Waals surface area contributed by atoms with Crippen molar-refractivity contribution < 1.29 is 20.1 Å². The van der Waals surface area contributed by atoms with Gasteiger partial charge < -0.3 is 19.9 Å². The molecule has 0 fully saturated rings. The maximum absolute atomic E-state index is 11.5. The highest BCUT2D eigenvalue weighted by molar-refractivity contribution is 5.71. The van der Waals surface area contributed by atoms with E-state index >= 15 is 0 Å². The van der Waals surface area contributed by atoms with Crippen molar-refractivity contribution in [1.82, 2.24) is 9.47 Å². The van der Waals surface area contributed by atoms with Crippen LogP contribution in [0.15, 0.2) is 17.1 Å². The lowest BCUT2D eigenvalue weighted by atomic mass is 10.2. The maximum Gasteiger partial charge on any atom is 0.326 e. The molecular formula is C13H20N2O5. The number of aliphatic hydroxyl groups excluding tert-OH is 1. The third-order valence-electron chi connectivity index (χ3n) is 3.17. The summed E-state index contributed by atoms with van der Waals surface area (Å²) in [7, 11) is 0. The third-order valence-corrected chi connectivity index (χ3v) is 3.17. The monoisotopic (exact) mass is 284 g/mol. The second kappa shape index (κ2) is 7.06. The molecule has 1 heterocycles. The van der Waals surface area contributed by atoms with E-state index in [-0.39, 0.29) is 6.61 Å². The first-order valence-corrected chi connectivity index (χ1v) is 6.40. The van der Waals surface area contributed by atoms with E-state index in [1.54, 1.807) is 0 Å². The largest absolute Gasteiger partial charge is 0.503 e. The van der Waals surface area contributed by atoms with Gasteiger partial charge in [-0.25, -0.2) is 4.79 Å². The lowest BCUT2D eigenvalue weighted by molar-refractivity contribution is -0.140. The Morgan fingerprint density at radius 3 is 2.65 bits per heavy atom. The zero-order valence-electron chi connectivity index (χ0n) is 11.6. The normalized spacial score (nSPS) is 12.6. The molecule has 0 radical (unpaired) electrons. The number of hydrogen-bond acceptors (Lipinski definition) is 5. The summed E-state index contributed by atoms with van der Waals surface area (Å²) in [6.07, 6.45) is 1.14. The molecule has 7 nitrogen and oxygen atoms in total. The smallest absolute Gasteiger partial charge is 0.326 e. The van der Waals surface area contributed by atoms with Crippen LogP contribution in [0.2, 0.25) is 0 Å². The summed E-state index contributed by atoms with van der Waals surface area (Å²) in [4.78, 5) is 24.5. The summed E-state index contributed by atoms with van der Waals surface area (Å²) in [6, 6.07) is 0.332. The predicted molar refractivity (Wildman–Crippen MR) is 72.8 cm³/mol. The topological polar surface area (TPSA) is 103 Å². The average molecular weight is 284 g/mol. The van der Waals surface area contributed by atoms with Gasteiger partial charge in [-0.2, -0.15) is 0 Å². The summed E-state index contributed by atoms with van der Waals surface area (Å²) in [5, 5.41) is 27.5. The van der Waals surface area contributed by atoms with E-state index in [2.05, 4.69) is 0 Å². The van der Waals surface area contributed by atoms with Crippen LogP contribution >= 0.6 is 0 Å². The molecule has 0 saturated heterocycles. The molecule has 20 heavy (non-hydrogen) atoms. The Bertz CT molecular complexity index is 526. The van der Waals surface area contributed by atoms with Crippen LogP contribution in [-0.2, 0) is 11.3 Å². The van der Waals surface area contributed by atoms with Crippen LogP contribution in [0.5, 0.6) is 5.75 Å². The van der Waals surface area contributed by atoms with Gasteiger partial charge in [0.15, 0.2) is 5.75 Å². The Balaban J connectivity index is 3.18. The number of aromatic nitrogens is 1. The van der Waals surface area contributed by atoms with E-state index in [9.17, 15) is 14.7 Å². The zero-order chi connectivity index (χ0) is 15.3. The van der Waals surface area contributed by atoms with Crippen molar-refractivity contribution in [2.45, 2.75) is 26.4 Å². The molecule has 0 spiro atoms. The summed E-state index contributed by atoms with van der Waals surface area (Å²) in [6.45, 7) is 4.75. The number of likely N-dealkylation sites (N-methyl/N-ethyl adjacent to an activating group) is 1. The minimum absolute atomic E-state index is 0.0232. The molecule has 0 aliphatic rings. The van der Waals surface area contributed by atoms with Gasteiger partial charge in [0.1, 0.15) is 6.04 Å². The number of hydrogen-bond donors (Lipinski definition) is 3. The molecule has 1 rings (SSSR count). The zero-order valence-corrected chi connectivity index (χ0v) is 11.6.